The second kappa shape index (κ2) is 9.01. The van der Waals surface area contributed by atoms with Gasteiger partial charge in [-0.25, -0.2) is 4.68 Å². The second-order valence-corrected chi connectivity index (χ2v) is 7.35. The standard InChI is InChI=1S/C20H20BrN3O2S/c1-3-22-20-24(17(13-27-20)15-6-8-16(21)9-7-15)23-12-14-5-10-18(25)19(11-14)26-4-2/h5-13,25H,3-4H2,1-2H3. The number of rotatable bonds is 6. The van der Waals surface area contributed by atoms with Crippen molar-refractivity contribution in [3.8, 4) is 22.8 Å². The molecule has 2 aromatic carbocycles. The van der Waals surface area contributed by atoms with Gasteiger partial charge in [0, 0.05) is 22.0 Å². The van der Waals surface area contributed by atoms with Crippen molar-refractivity contribution in [3.05, 3.63) is 62.7 Å². The van der Waals surface area contributed by atoms with Crippen LogP contribution in [0.25, 0.3) is 11.3 Å². The van der Waals surface area contributed by atoms with E-state index in [1.54, 1.807) is 35.8 Å². The first-order valence-corrected chi connectivity index (χ1v) is 10.3. The average molecular weight is 446 g/mol. The number of aromatic hydroxyl groups is 1. The van der Waals surface area contributed by atoms with Crippen molar-refractivity contribution in [1.29, 1.82) is 0 Å². The average Bonchev–Trinajstić information content (AvgIpc) is 3.06. The van der Waals surface area contributed by atoms with E-state index in [0.29, 0.717) is 18.9 Å². The smallest absolute Gasteiger partial charge is 0.206 e. The molecule has 0 radical (unpaired) electrons. The van der Waals surface area contributed by atoms with Crippen molar-refractivity contribution in [1.82, 2.24) is 4.68 Å². The summed E-state index contributed by atoms with van der Waals surface area (Å²) in [4.78, 5) is 5.37. The predicted octanol–water partition coefficient (Wildman–Crippen LogP) is 4.89. The van der Waals surface area contributed by atoms with Gasteiger partial charge >= 0.3 is 0 Å². The highest BCUT2D eigenvalue weighted by molar-refractivity contribution is 9.10. The molecule has 0 atom stereocenters. The fraction of sp³-hybridized carbons (Fsp3) is 0.200. The molecule has 0 aliphatic rings. The number of nitrogens with zero attached hydrogens (tertiary/aromatic N) is 3. The Balaban J connectivity index is 2.02. The third-order valence-corrected chi connectivity index (χ3v) is 5.11. The summed E-state index contributed by atoms with van der Waals surface area (Å²) >= 11 is 5.02. The summed E-state index contributed by atoms with van der Waals surface area (Å²) in [5.74, 6) is 0.567. The molecular weight excluding hydrogens is 426 g/mol. The Hall–Kier alpha value is -2.38. The summed E-state index contributed by atoms with van der Waals surface area (Å²) < 4.78 is 8.31. The van der Waals surface area contributed by atoms with E-state index in [2.05, 4.69) is 31.4 Å². The fourth-order valence-corrected chi connectivity index (χ4v) is 3.65. The first-order chi connectivity index (χ1) is 13.1. The van der Waals surface area contributed by atoms with Crippen LogP contribution in [0.15, 0.2) is 62.4 Å². The van der Waals surface area contributed by atoms with Crippen LogP contribution in [-0.2, 0) is 0 Å². The van der Waals surface area contributed by atoms with E-state index in [1.165, 1.54) is 0 Å². The SMILES string of the molecule is CCN=c1scc(-c2ccc(Br)cc2)n1N=Cc1ccc(O)c(OCC)c1. The number of aromatic nitrogens is 1. The summed E-state index contributed by atoms with van der Waals surface area (Å²) in [6.45, 7) is 5.05. The van der Waals surface area contributed by atoms with E-state index in [-0.39, 0.29) is 5.75 Å². The molecule has 1 N–H and O–H groups in total. The van der Waals surface area contributed by atoms with Crippen molar-refractivity contribution in [2.45, 2.75) is 13.8 Å². The van der Waals surface area contributed by atoms with E-state index in [1.807, 2.05) is 42.8 Å². The number of hydrogen-bond donors (Lipinski definition) is 1. The second-order valence-electron chi connectivity index (χ2n) is 5.60. The molecule has 7 heteroatoms. The van der Waals surface area contributed by atoms with E-state index < -0.39 is 0 Å². The summed E-state index contributed by atoms with van der Waals surface area (Å²) in [6, 6.07) is 13.3. The van der Waals surface area contributed by atoms with Crippen LogP contribution >= 0.6 is 27.3 Å². The Labute approximate surface area is 170 Å². The zero-order valence-corrected chi connectivity index (χ0v) is 17.5. The lowest BCUT2D eigenvalue weighted by Gasteiger charge is -2.06. The molecule has 0 spiro atoms. The van der Waals surface area contributed by atoms with Gasteiger partial charge in [0.1, 0.15) is 0 Å². The number of hydrogen-bond acceptors (Lipinski definition) is 5. The Morgan fingerprint density at radius 1 is 1.19 bits per heavy atom. The molecule has 0 fully saturated rings. The fourth-order valence-electron chi connectivity index (χ4n) is 2.48. The van der Waals surface area contributed by atoms with Crippen LogP contribution in [-0.4, -0.2) is 29.1 Å². The van der Waals surface area contributed by atoms with E-state index in [0.717, 1.165) is 26.1 Å². The van der Waals surface area contributed by atoms with Crippen molar-refractivity contribution < 1.29 is 9.84 Å². The van der Waals surface area contributed by atoms with Gasteiger partial charge in [-0.3, -0.25) is 4.99 Å². The first kappa shape index (κ1) is 19.4. The molecule has 0 aliphatic heterocycles. The van der Waals surface area contributed by atoms with Gasteiger partial charge in [-0.1, -0.05) is 28.1 Å². The Morgan fingerprint density at radius 2 is 1.96 bits per heavy atom. The number of halogens is 1. The van der Waals surface area contributed by atoms with E-state index >= 15 is 0 Å². The first-order valence-electron chi connectivity index (χ1n) is 8.59. The molecule has 0 unspecified atom stereocenters. The summed E-state index contributed by atoms with van der Waals surface area (Å²) in [5, 5.41) is 16.6. The molecule has 0 aliphatic carbocycles. The molecule has 0 saturated heterocycles. The van der Waals surface area contributed by atoms with Crippen LogP contribution in [0.3, 0.4) is 0 Å². The molecule has 0 bridgehead atoms. The van der Waals surface area contributed by atoms with E-state index in [4.69, 9.17) is 4.74 Å². The van der Waals surface area contributed by atoms with Crippen LogP contribution in [0, 0.1) is 0 Å². The molecule has 1 aromatic heterocycles. The largest absolute Gasteiger partial charge is 0.504 e. The maximum atomic E-state index is 9.86. The van der Waals surface area contributed by atoms with Gasteiger partial charge in [-0.15, -0.1) is 11.3 Å². The van der Waals surface area contributed by atoms with Crippen LogP contribution in [0.1, 0.15) is 19.4 Å². The minimum atomic E-state index is 0.120. The lowest BCUT2D eigenvalue weighted by atomic mass is 10.2. The zero-order chi connectivity index (χ0) is 19.2. The van der Waals surface area contributed by atoms with Gasteiger partial charge in [0.05, 0.1) is 18.5 Å². The zero-order valence-electron chi connectivity index (χ0n) is 15.1. The van der Waals surface area contributed by atoms with Crippen molar-refractivity contribution in [2.75, 3.05) is 13.2 Å². The summed E-state index contributed by atoms with van der Waals surface area (Å²) in [6.07, 6.45) is 1.74. The minimum Gasteiger partial charge on any atom is -0.504 e. The third kappa shape index (κ3) is 4.67. The van der Waals surface area contributed by atoms with Crippen molar-refractivity contribution >= 4 is 33.5 Å². The van der Waals surface area contributed by atoms with Crippen molar-refractivity contribution in [3.63, 3.8) is 0 Å². The summed E-state index contributed by atoms with van der Waals surface area (Å²) in [5.41, 5.74) is 2.86. The topological polar surface area (TPSA) is 59.1 Å². The maximum Gasteiger partial charge on any atom is 0.206 e. The molecule has 5 nitrogen and oxygen atoms in total. The Kier molecular flexibility index (Phi) is 6.47. The van der Waals surface area contributed by atoms with Gasteiger partial charge in [-0.05, 0) is 49.7 Å². The van der Waals surface area contributed by atoms with Crippen LogP contribution in [0.5, 0.6) is 11.5 Å². The maximum absolute atomic E-state index is 9.86. The van der Waals surface area contributed by atoms with Crippen LogP contribution in [0.2, 0.25) is 0 Å². The minimum absolute atomic E-state index is 0.120. The summed E-state index contributed by atoms with van der Waals surface area (Å²) in [7, 11) is 0. The Morgan fingerprint density at radius 3 is 2.67 bits per heavy atom. The van der Waals surface area contributed by atoms with E-state index in [9.17, 15) is 5.11 Å². The molecule has 140 valence electrons. The number of phenolic OH excluding ortho intramolecular Hbond substituents is 1. The highest BCUT2D eigenvalue weighted by Gasteiger charge is 2.08. The number of benzene rings is 2. The molecule has 3 aromatic rings. The molecular formula is C20H20BrN3O2S. The van der Waals surface area contributed by atoms with Crippen LogP contribution < -0.4 is 9.54 Å². The number of ether oxygens (including phenoxy) is 1. The Bertz CT molecular complexity index is 1010. The predicted molar refractivity (Wildman–Crippen MR) is 114 cm³/mol. The van der Waals surface area contributed by atoms with Gasteiger partial charge in [0.15, 0.2) is 11.5 Å². The molecule has 0 amide bonds. The monoisotopic (exact) mass is 445 g/mol. The highest BCUT2D eigenvalue weighted by atomic mass is 79.9. The molecule has 27 heavy (non-hydrogen) atoms. The lowest BCUT2D eigenvalue weighted by molar-refractivity contribution is 0.318. The molecule has 1 heterocycles. The van der Waals surface area contributed by atoms with Crippen LogP contribution in [0.4, 0.5) is 0 Å². The van der Waals surface area contributed by atoms with Gasteiger partial charge in [0.2, 0.25) is 4.80 Å². The molecule has 0 saturated carbocycles. The van der Waals surface area contributed by atoms with Gasteiger partial charge in [-0.2, -0.15) is 5.10 Å². The quantitative estimate of drug-likeness (QED) is 0.549. The highest BCUT2D eigenvalue weighted by Crippen LogP contribution is 2.26. The third-order valence-electron chi connectivity index (χ3n) is 3.72. The van der Waals surface area contributed by atoms with Gasteiger partial charge in [0.25, 0.3) is 0 Å². The number of thiazole rings is 1. The molecule has 3 rings (SSSR count). The normalized spacial score (nSPS) is 12.0. The lowest BCUT2D eigenvalue weighted by Crippen LogP contribution is -2.12. The van der Waals surface area contributed by atoms with Crippen molar-refractivity contribution in [2.24, 2.45) is 10.1 Å². The van der Waals surface area contributed by atoms with Gasteiger partial charge < -0.3 is 9.84 Å². The number of phenols is 1.